The molecule has 0 amide bonds. The molecule has 5 heterocycles. The summed E-state index contributed by atoms with van der Waals surface area (Å²) in [7, 11) is 0. The van der Waals surface area contributed by atoms with Crippen molar-refractivity contribution >= 4 is 44.1 Å². The number of fused-ring (bicyclic) bond motifs is 20. The van der Waals surface area contributed by atoms with Crippen LogP contribution in [0.15, 0.2) is 108 Å². The summed E-state index contributed by atoms with van der Waals surface area (Å²) in [6, 6.07) is 31.8. The molecule has 4 aromatic carbocycles. The molecule has 0 saturated heterocycles. The molecule has 3 aromatic heterocycles. The van der Waals surface area contributed by atoms with Gasteiger partial charge in [-0.3, -0.25) is 0 Å². The van der Waals surface area contributed by atoms with Crippen LogP contribution in [0.25, 0.3) is 89.7 Å². The summed E-state index contributed by atoms with van der Waals surface area (Å²) in [6.45, 7) is 8.66. The van der Waals surface area contributed by atoms with Crippen LogP contribution in [0.1, 0.15) is 34.1 Å². The van der Waals surface area contributed by atoms with E-state index in [9.17, 15) is 0 Å². The molecule has 0 spiro atoms. The first-order valence-corrected chi connectivity index (χ1v) is 15.7. The van der Waals surface area contributed by atoms with Gasteiger partial charge in [-0.1, -0.05) is 115 Å². The van der Waals surface area contributed by atoms with Crippen molar-refractivity contribution in [2.45, 2.75) is 34.1 Å². The maximum atomic E-state index is 4.95. The fourth-order valence-electron chi connectivity index (χ4n) is 5.81. The van der Waals surface area contributed by atoms with Gasteiger partial charge in [0.15, 0.2) is 0 Å². The van der Waals surface area contributed by atoms with Crippen LogP contribution in [0.2, 0.25) is 0 Å². The number of rotatable bonds is 1. The van der Waals surface area contributed by atoms with Gasteiger partial charge in [-0.15, -0.1) is 0 Å². The van der Waals surface area contributed by atoms with Gasteiger partial charge in [0.05, 0.1) is 23.3 Å². The third-order valence-electron chi connectivity index (χ3n) is 8.71. The smallest absolute Gasteiger partial charge is 0.357 e. The van der Waals surface area contributed by atoms with Gasteiger partial charge in [0, 0.05) is 44.8 Å². The quantitative estimate of drug-likeness (QED) is 0.126. The Labute approximate surface area is 288 Å². The van der Waals surface area contributed by atoms with Gasteiger partial charge in [-0.05, 0) is 48.7 Å². The maximum absolute atomic E-state index is 4.95. The van der Waals surface area contributed by atoms with E-state index in [-0.39, 0.29) is 17.1 Å². The van der Waals surface area contributed by atoms with Crippen LogP contribution in [0.4, 0.5) is 0 Å². The van der Waals surface area contributed by atoms with E-state index in [4.69, 9.17) is 39.9 Å². The van der Waals surface area contributed by atoms with Crippen molar-refractivity contribution in [3.05, 3.63) is 108 Å². The van der Waals surface area contributed by atoms with E-state index in [2.05, 4.69) is 27.7 Å². The van der Waals surface area contributed by atoms with Crippen molar-refractivity contribution in [3.63, 3.8) is 0 Å². The predicted molar refractivity (Wildman–Crippen MR) is 188 cm³/mol. The predicted octanol–water partition coefficient (Wildman–Crippen LogP) is 8.88. The molecule has 9 heteroatoms. The fourth-order valence-corrected chi connectivity index (χ4v) is 5.81. The SMILES string of the molecule is CCC(C)=C(C)C.[Cu+2].c1ccc2c(c1)-c1nc-2nc2[n-]c(nc3nc(nc4[n-]c(n1)c1ccccc41)-c1ccccc1-3)c1ccccc21. The summed E-state index contributed by atoms with van der Waals surface area (Å²) in [4.78, 5) is 39.3. The Balaban J connectivity index is 0.000000415. The van der Waals surface area contributed by atoms with E-state index in [0.29, 0.717) is 45.9 Å². The van der Waals surface area contributed by atoms with Crippen molar-refractivity contribution in [1.82, 2.24) is 39.9 Å². The van der Waals surface area contributed by atoms with Gasteiger partial charge < -0.3 is 29.9 Å². The molecule has 0 N–H and O–H groups in total. The minimum absolute atomic E-state index is 0. The summed E-state index contributed by atoms with van der Waals surface area (Å²) < 4.78 is 0. The molecule has 0 unspecified atom stereocenters. The van der Waals surface area contributed by atoms with Crippen LogP contribution >= 0.6 is 0 Å². The second kappa shape index (κ2) is 12.6. The van der Waals surface area contributed by atoms with Crippen LogP contribution in [0, 0.1) is 0 Å². The zero-order chi connectivity index (χ0) is 32.1. The second-order valence-electron chi connectivity index (χ2n) is 11.8. The van der Waals surface area contributed by atoms with Gasteiger partial charge in [0.1, 0.15) is 0 Å². The second-order valence-corrected chi connectivity index (χ2v) is 11.8. The molecule has 9 rings (SSSR count). The Hall–Kier alpha value is -5.50. The van der Waals surface area contributed by atoms with Crippen LogP contribution in [-0.2, 0) is 17.1 Å². The molecular formula is C39H30CuN8. The van der Waals surface area contributed by atoms with Crippen LogP contribution < -0.4 is 9.97 Å². The Morgan fingerprint density at radius 2 is 0.708 bits per heavy atom. The molecule has 48 heavy (non-hydrogen) atoms. The Kier molecular flexibility index (Phi) is 8.17. The van der Waals surface area contributed by atoms with Crippen LogP contribution in [0.5, 0.6) is 0 Å². The maximum Gasteiger partial charge on any atom is 2.00 e. The van der Waals surface area contributed by atoms with Crippen LogP contribution in [-0.4, -0.2) is 29.9 Å². The van der Waals surface area contributed by atoms with Gasteiger partial charge in [-0.2, -0.15) is 0 Å². The zero-order valence-corrected chi connectivity index (χ0v) is 27.8. The first kappa shape index (κ1) is 31.1. The minimum Gasteiger partial charge on any atom is -0.357 e. The summed E-state index contributed by atoms with van der Waals surface area (Å²) in [5, 5.41) is 3.57. The molecule has 0 saturated carbocycles. The Morgan fingerprint density at radius 1 is 0.438 bits per heavy atom. The van der Waals surface area contributed by atoms with E-state index < -0.39 is 0 Å². The summed E-state index contributed by atoms with van der Waals surface area (Å²) in [5.74, 6) is 2.21. The molecule has 8 bridgehead atoms. The molecule has 7 aromatic rings. The first-order chi connectivity index (χ1) is 23.0. The number of benzene rings is 4. The normalized spacial score (nSPS) is 11.2. The molecular weight excluding hydrogens is 644 g/mol. The molecule has 2 aliphatic heterocycles. The number of hydrogen-bond acceptors (Lipinski definition) is 6. The van der Waals surface area contributed by atoms with Crippen molar-refractivity contribution in [2.24, 2.45) is 0 Å². The van der Waals surface area contributed by atoms with E-state index in [1.165, 1.54) is 17.6 Å². The molecule has 2 aliphatic rings. The van der Waals surface area contributed by atoms with E-state index in [1.54, 1.807) is 0 Å². The molecule has 0 atom stereocenters. The van der Waals surface area contributed by atoms with Crippen molar-refractivity contribution in [2.75, 3.05) is 0 Å². The number of hydrogen-bond donors (Lipinski definition) is 0. The third-order valence-corrected chi connectivity index (χ3v) is 8.71. The van der Waals surface area contributed by atoms with Gasteiger partial charge in [-0.25, -0.2) is 9.97 Å². The topological polar surface area (TPSA) is 106 Å². The summed E-state index contributed by atoms with van der Waals surface area (Å²) in [5.41, 5.74) is 8.76. The number of aromatic nitrogens is 8. The van der Waals surface area contributed by atoms with Crippen molar-refractivity contribution < 1.29 is 17.1 Å². The largest absolute Gasteiger partial charge is 2.00 e. The molecule has 8 nitrogen and oxygen atoms in total. The fraction of sp³-hybridized carbons (Fsp3) is 0.128. The van der Waals surface area contributed by atoms with Crippen molar-refractivity contribution in [3.8, 4) is 45.6 Å². The van der Waals surface area contributed by atoms with Gasteiger partial charge >= 0.3 is 17.1 Å². The van der Waals surface area contributed by atoms with Crippen molar-refractivity contribution in [1.29, 1.82) is 0 Å². The van der Waals surface area contributed by atoms with E-state index in [0.717, 1.165) is 43.8 Å². The molecule has 0 aliphatic carbocycles. The average molecular weight is 674 g/mol. The van der Waals surface area contributed by atoms with Gasteiger partial charge in [0.25, 0.3) is 0 Å². The molecule has 1 radical (unpaired) electrons. The Bertz CT molecular complexity index is 2240. The first-order valence-electron chi connectivity index (χ1n) is 15.7. The van der Waals surface area contributed by atoms with E-state index in [1.807, 2.05) is 97.1 Å². The van der Waals surface area contributed by atoms with Crippen LogP contribution in [0.3, 0.4) is 0 Å². The minimum atomic E-state index is 0. The summed E-state index contributed by atoms with van der Waals surface area (Å²) >= 11 is 0. The molecule has 0 fully saturated rings. The number of nitrogens with zero attached hydrogens (tertiary/aromatic N) is 8. The third kappa shape index (κ3) is 5.37. The zero-order valence-electron chi connectivity index (χ0n) is 26.8. The standard InChI is InChI=1S/C32H16N8.C7H14.Cu/c1-2-10-18-17(9-1)25-33-26(18)38-28-21-13-5-6-14-22(21)30(35-28)40-32-24-16-8-7-15-23(24)31(36-32)39-29-20-12-4-3-11-19(20)27(34-29)37-25;1-5-7(4)6(2)3;/h1-16H;5H2,1-4H3;/q-2;;+2. The number of allylic oxidation sites excluding steroid dienone is 2. The Morgan fingerprint density at radius 3 is 0.938 bits per heavy atom. The molecule has 237 valence electrons. The van der Waals surface area contributed by atoms with E-state index >= 15 is 0 Å². The average Bonchev–Trinajstić information content (AvgIpc) is 3.84. The summed E-state index contributed by atoms with van der Waals surface area (Å²) in [6.07, 6.45) is 1.20. The monoisotopic (exact) mass is 673 g/mol. The van der Waals surface area contributed by atoms with Gasteiger partial charge in [0.2, 0.25) is 0 Å².